The monoisotopic (exact) mass is 454 g/mol. The van der Waals surface area contributed by atoms with Gasteiger partial charge in [-0.15, -0.1) is 0 Å². The summed E-state index contributed by atoms with van der Waals surface area (Å²) in [7, 11) is -3.73. The zero-order chi connectivity index (χ0) is 21.2. The number of benzene rings is 2. The molecule has 29 heavy (non-hydrogen) atoms. The van der Waals surface area contributed by atoms with Crippen molar-refractivity contribution in [1.82, 2.24) is 9.21 Å². The first kappa shape index (κ1) is 21.8. The molecule has 1 saturated heterocycles. The van der Waals surface area contributed by atoms with Gasteiger partial charge in [0.05, 0.1) is 11.3 Å². The van der Waals surface area contributed by atoms with Crippen LogP contribution >= 0.6 is 23.2 Å². The van der Waals surface area contributed by atoms with Crippen LogP contribution in [0.3, 0.4) is 0 Å². The third-order valence-corrected chi connectivity index (χ3v) is 7.31. The number of carbonyl (C=O) groups is 2. The van der Waals surface area contributed by atoms with Crippen molar-refractivity contribution >= 4 is 44.9 Å². The van der Waals surface area contributed by atoms with E-state index >= 15 is 0 Å². The SMILES string of the molecule is CC(=O)c1cccc(S(=O)(=O)N2CCN(C(=O)Cc3ccc(Cl)cc3Cl)CC2)c1. The van der Waals surface area contributed by atoms with Crippen molar-refractivity contribution < 1.29 is 18.0 Å². The predicted octanol–water partition coefficient (Wildman–Crippen LogP) is 3.27. The Morgan fingerprint density at radius 3 is 2.31 bits per heavy atom. The van der Waals surface area contributed by atoms with Crippen molar-refractivity contribution in [3.63, 3.8) is 0 Å². The van der Waals surface area contributed by atoms with Gasteiger partial charge in [0.15, 0.2) is 5.78 Å². The van der Waals surface area contributed by atoms with Crippen LogP contribution in [0.4, 0.5) is 0 Å². The molecule has 1 aliphatic heterocycles. The molecule has 1 fully saturated rings. The molecule has 0 atom stereocenters. The molecule has 0 radical (unpaired) electrons. The minimum atomic E-state index is -3.73. The average Bonchev–Trinajstić information content (AvgIpc) is 2.70. The Labute approximate surface area is 180 Å². The van der Waals surface area contributed by atoms with Crippen molar-refractivity contribution in [2.75, 3.05) is 26.2 Å². The van der Waals surface area contributed by atoms with E-state index in [0.717, 1.165) is 0 Å². The van der Waals surface area contributed by atoms with Gasteiger partial charge in [0.1, 0.15) is 0 Å². The number of hydrogen-bond acceptors (Lipinski definition) is 4. The lowest BCUT2D eigenvalue weighted by atomic mass is 10.1. The molecule has 0 bridgehead atoms. The van der Waals surface area contributed by atoms with Crippen LogP contribution in [0.5, 0.6) is 0 Å². The van der Waals surface area contributed by atoms with Gasteiger partial charge in [-0.1, -0.05) is 41.4 Å². The zero-order valence-electron chi connectivity index (χ0n) is 15.8. The molecule has 0 unspecified atom stereocenters. The molecule has 9 heteroatoms. The van der Waals surface area contributed by atoms with Crippen molar-refractivity contribution in [3.8, 4) is 0 Å². The summed E-state index contributed by atoms with van der Waals surface area (Å²) < 4.78 is 27.1. The third-order valence-electron chi connectivity index (χ3n) is 4.83. The van der Waals surface area contributed by atoms with E-state index in [9.17, 15) is 18.0 Å². The van der Waals surface area contributed by atoms with Crippen LogP contribution in [0.2, 0.25) is 10.0 Å². The van der Waals surface area contributed by atoms with Gasteiger partial charge in [-0.05, 0) is 36.8 Å². The maximum absolute atomic E-state index is 12.9. The standard InChI is InChI=1S/C20H20Cl2N2O4S/c1-14(25)15-3-2-4-18(11-15)29(27,28)24-9-7-23(8-10-24)20(26)12-16-5-6-17(21)13-19(16)22/h2-6,11,13H,7-10,12H2,1H3. The van der Waals surface area contributed by atoms with E-state index in [1.165, 1.54) is 23.4 Å². The molecule has 0 aromatic heterocycles. The number of rotatable bonds is 5. The van der Waals surface area contributed by atoms with E-state index in [-0.39, 0.29) is 49.2 Å². The molecule has 3 rings (SSSR count). The second kappa shape index (κ2) is 8.83. The Balaban J connectivity index is 1.65. The third kappa shape index (κ3) is 4.98. The topological polar surface area (TPSA) is 74.8 Å². The summed E-state index contributed by atoms with van der Waals surface area (Å²) in [4.78, 5) is 25.8. The van der Waals surface area contributed by atoms with Crippen LogP contribution in [-0.4, -0.2) is 55.5 Å². The molecule has 6 nitrogen and oxygen atoms in total. The van der Waals surface area contributed by atoms with Gasteiger partial charge in [-0.25, -0.2) is 8.42 Å². The zero-order valence-corrected chi connectivity index (χ0v) is 18.1. The normalized spacial score (nSPS) is 15.3. The number of halogens is 2. The number of sulfonamides is 1. The molecule has 2 aromatic rings. The highest BCUT2D eigenvalue weighted by atomic mass is 35.5. The average molecular weight is 455 g/mol. The van der Waals surface area contributed by atoms with Gasteiger partial charge in [0.2, 0.25) is 15.9 Å². The fourth-order valence-electron chi connectivity index (χ4n) is 3.14. The molecule has 1 heterocycles. The number of hydrogen-bond donors (Lipinski definition) is 0. The lowest BCUT2D eigenvalue weighted by molar-refractivity contribution is -0.131. The second-order valence-corrected chi connectivity index (χ2v) is 9.56. The molecule has 2 aromatic carbocycles. The van der Waals surface area contributed by atoms with E-state index in [1.54, 1.807) is 35.2 Å². The quantitative estimate of drug-likeness (QED) is 0.649. The molecule has 0 saturated carbocycles. The smallest absolute Gasteiger partial charge is 0.243 e. The Kier molecular flexibility index (Phi) is 6.63. The first-order valence-corrected chi connectivity index (χ1v) is 11.2. The second-order valence-electron chi connectivity index (χ2n) is 6.78. The lowest BCUT2D eigenvalue weighted by Crippen LogP contribution is -2.50. The summed E-state index contributed by atoms with van der Waals surface area (Å²) in [6.45, 7) is 2.34. The van der Waals surface area contributed by atoms with Gasteiger partial charge < -0.3 is 4.90 Å². The number of piperazine rings is 1. The molecule has 0 aliphatic carbocycles. The summed E-state index contributed by atoms with van der Waals surface area (Å²) in [6.07, 6.45) is 0.128. The minimum Gasteiger partial charge on any atom is -0.340 e. The van der Waals surface area contributed by atoms with Crippen molar-refractivity contribution in [2.24, 2.45) is 0 Å². The van der Waals surface area contributed by atoms with Crippen LogP contribution in [0.15, 0.2) is 47.4 Å². The largest absolute Gasteiger partial charge is 0.340 e. The fraction of sp³-hybridized carbons (Fsp3) is 0.300. The summed E-state index contributed by atoms with van der Waals surface area (Å²) in [5.41, 5.74) is 1.02. The molecule has 1 amide bonds. The summed E-state index contributed by atoms with van der Waals surface area (Å²) in [5, 5.41) is 0.927. The van der Waals surface area contributed by atoms with Gasteiger partial charge >= 0.3 is 0 Å². The Bertz CT molecular complexity index is 1050. The minimum absolute atomic E-state index is 0.0814. The molecular formula is C20H20Cl2N2O4S. The van der Waals surface area contributed by atoms with Crippen LogP contribution < -0.4 is 0 Å². The number of carbonyl (C=O) groups excluding carboxylic acids is 2. The van der Waals surface area contributed by atoms with Gasteiger partial charge in [0, 0.05) is 41.8 Å². The fourth-order valence-corrected chi connectivity index (χ4v) is 5.09. The van der Waals surface area contributed by atoms with Gasteiger partial charge in [-0.3, -0.25) is 9.59 Å². The first-order chi connectivity index (χ1) is 13.7. The van der Waals surface area contributed by atoms with Crippen LogP contribution in [0.25, 0.3) is 0 Å². The summed E-state index contributed by atoms with van der Waals surface area (Å²) >= 11 is 12.0. The van der Waals surface area contributed by atoms with Crippen molar-refractivity contribution in [2.45, 2.75) is 18.2 Å². The van der Waals surface area contributed by atoms with E-state index in [0.29, 0.717) is 21.2 Å². The Morgan fingerprint density at radius 1 is 1.00 bits per heavy atom. The van der Waals surface area contributed by atoms with Crippen LogP contribution in [0, 0.1) is 0 Å². The van der Waals surface area contributed by atoms with E-state index in [2.05, 4.69) is 0 Å². The maximum Gasteiger partial charge on any atom is 0.243 e. The van der Waals surface area contributed by atoms with Crippen LogP contribution in [0.1, 0.15) is 22.8 Å². The molecule has 1 aliphatic rings. The number of amides is 1. The number of ketones is 1. The van der Waals surface area contributed by atoms with E-state index in [4.69, 9.17) is 23.2 Å². The highest BCUT2D eigenvalue weighted by Crippen LogP contribution is 2.23. The number of Topliss-reactive ketones (excluding diaryl/α,β-unsaturated/α-hetero) is 1. The molecular weight excluding hydrogens is 435 g/mol. The van der Waals surface area contributed by atoms with Gasteiger partial charge in [-0.2, -0.15) is 4.31 Å². The van der Waals surface area contributed by atoms with Crippen molar-refractivity contribution in [1.29, 1.82) is 0 Å². The Hall–Kier alpha value is -1.93. The van der Waals surface area contributed by atoms with E-state index in [1.807, 2.05) is 0 Å². The predicted molar refractivity (Wildman–Crippen MR) is 112 cm³/mol. The Morgan fingerprint density at radius 2 is 1.69 bits per heavy atom. The maximum atomic E-state index is 12.9. The summed E-state index contributed by atoms with van der Waals surface area (Å²) in [6, 6.07) is 11.0. The highest BCUT2D eigenvalue weighted by molar-refractivity contribution is 7.89. The molecule has 154 valence electrons. The highest BCUT2D eigenvalue weighted by Gasteiger charge is 2.30. The number of nitrogens with zero attached hydrogens (tertiary/aromatic N) is 2. The summed E-state index contributed by atoms with van der Waals surface area (Å²) in [5.74, 6) is -0.317. The van der Waals surface area contributed by atoms with Crippen molar-refractivity contribution in [3.05, 3.63) is 63.6 Å². The van der Waals surface area contributed by atoms with Gasteiger partial charge in [0.25, 0.3) is 0 Å². The van der Waals surface area contributed by atoms with Crippen LogP contribution in [-0.2, 0) is 21.2 Å². The first-order valence-electron chi connectivity index (χ1n) is 9.01. The molecule has 0 spiro atoms. The lowest BCUT2D eigenvalue weighted by Gasteiger charge is -2.34. The molecule has 0 N–H and O–H groups in total. The van der Waals surface area contributed by atoms with E-state index < -0.39 is 10.0 Å².